The first-order chi connectivity index (χ1) is 12.5. The number of amides is 1. The summed E-state index contributed by atoms with van der Waals surface area (Å²) in [6.07, 6.45) is 3.11. The van der Waals surface area contributed by atoms with E-state index in [0.29, 0.717) is 22.2 Å². The van der Waals surface area contributed by atoms with Gasteiger partial charge in [0.2, 0.25) is 0 Å². The minimum Gasteiger partial charge on any atom is -0.508 e. The van der Waals surface area contributed by atoms with Gasteiger partial charge in [0.1, 0.15) is 5.75 Å². The van der Waals surface area contributed by atoms with E-state index in [9.17, 15) is 9.90 Å². The van der Waals surface area contributed by atoms with Crippen molar-refractivity contribution < 1.29 is 9.90 Å². The minimum atomic E-state index is -0.442. The van der Waals surface area contributed by atoms with Crippen LogP contribution in [0.15, 0.2) is 59.8 Å². The second-order valence-corrected chi connectivity index (χ2v) is 6.27. The van der Waals surface area contributed by atoms with Crippen molar-refractivity contribution in [3.8, 4) is 5.75 Å². The summed E-state index contributed by atoms with van der Waals surface area (Å²) in [6, 6.07) is 13.3. The molecule has 0 unspecified atom stereocenters. The molecule has 1 heterocycles. The fourth-order valence-corrected chi connectivity index (χ4v) is 2.69. The fourth-order valence-electron chi connectivity index (χ4n) is 2.22. The van der Waals surface area contributed by atoms with Crippen molar-refractivity contribution in [3.63, 3.8) is 0 Å². The summed E-state index contributed by atoms with van der Waals surface area (Å²) in [4.78, 5) is 12.1. The van der Waals surface area contributed by atoms with Crippen LogP contribution in [0.5, 0.6) is 5.75 Å². The van der Waals surface area contributed by atoms with Gasteiger partial charge in [-0.2, -0.15) is 10.2 Å². The summed E-state index contributed by atoms with van der Waals surface area (Å²) in [6.45, 7) is 0.413. The van der Waals surface area contributed by atoms with Crippen LogP contribution >= 0.6 is 23.2 Å². The van der Waals surface area contributed by atoms with E-state index in [1.54, 1.807) is 47.3 Å². The number of rotatable bonds is 5. The van der Waals surface area contributed by atoms with Gasteiger partial charge in [-0.25, -0.2) is 5.43 Å². The Labute approximate surface area is 159 Å². The summed E-state index contributed by atoms with van der Waals surface area (Å²) in [5.74, 6) is -0.317. The van der Waals surface area contributed by atoms with Gasteiger partial charge in [-0.05, 0) is 41.5 Å². The van der Waals surface area contributed by atoms with Crippen LogP contribution in [0.1, 0.15) is 21.6 Å². The Morgan fingerprint density at radius 3 is 2.85 bits per heavy atom. The number of benzene rings is 2. The molecule has 26 heavy (non-hydrogen) atoms. The summed E-state index contributed by atoms with van der Waals surface area (Å²) in [5, 5.41) is 18.5. The van der Waals surface area contributed by atoms with Gasteiger partial charge in [0.05, 0.1) is 12.8 Å². The molecule has 0 aliphatic heterocycles. The lowest BCUT2D eigenvalue weighted by molar-refractivity contribution is 0.0949. The molecule has 3 aromatic rings. The maximum Gasteiger partial charge on any atom is 0.291 e. The first kappa shape index (κ1) is 18.0. The van der Waals surface area contributed by atoms with E-state index >= 15 is 0 Å². The molecule has 0 spiro atoms. The van der Waals surface area contributed by atoms with E-state index < -0.39 is 5.91 Å². The van der Waals surface area contributed by atoms with Gasteiger partial charge in [-0.15, -0.1) is 0 Å². The van der Waals surface area contributed by atoms with Crippen LogP contribution in [0.3, 0.4) is 0 Å². The van der Waals surface area contributed by atoms with Crippen molar-refractivity contribution >= 4 is 35.3 Å². The van der Waals surface area contributed by atoms with Crippen LogP contribution in [-0.2, 0) is 6.54 Å². The Balaban J connectivity index is 1.62. The standard InChI is InChI=1S/C18H14Cl2N4O2/c19-14-5-4-13(16(20)9-14)11-24-7-6-17(23-24)18(26)22-21-10-12-2-1-3-15(25)8-12/h1-10,25H,11H2,(H,22,26)/b21-10-. The molecule has 0 aliphatic rings. The van der Waals surface area contributed by atoms with E-state index in [-0.39, 0.29) is 11.4 Å². The Morgan fingerprint density at radius 2 is 2.08 bits per heavy atom. The van der Waals surface area contributed by atoms with E-state index in [1.807, 2.05) is 6.07 Å². The number of nitrogens with one attached hydrogen (secondary N) is 1. The van der Waals surface area contributed by atoms with Crippen LogP contribution in [-0.4, -0.2) is 27.0 Å². The van der Waals surface area contributed by atoms with E-state index in [2.05, 4.69) is 15.6 Å². The second kappa shape index (κ2) is 8.03. The average molecular weight is 389 g/mol. The molecule has 0 radical (unpaired) electrons. The maximum absolute atomic E-state index is 12.1. The van der Waals surface area contributed by atoms with Gasteiger partial charge >= 0.3 is 0 Å². The molecule has 0 atom stereocenters. The van der Waals surface area contributed by atoms with Crippen LogP contribution in [0.2, 0.25) is 10.0 Å². The van der Waals surface area contributed by atoms with E-state index in [4.69, 9.17) is 23.2 Å². The van der Waals surface area contributed by atoms with Gasteiger partial charge < -0.3 is 5.11 Å². The van der Waals surface area contributed by atoms with Crippen molar-refractivity contribution in [2.45, 2.75) is 6.54 Å². The zero-order valence-electron chi connectivity index (χ0n) is 13.4. The van der Waals surface area contributed by atoms with Crippen molar-refractivity contribution in [1.29, 1.82) is 0 Å². The number of aromatic nitrogens is 2. The number of phenols is 1. The predicted molar refractivity (Wildman–Crippen MR) is 101 cm³/mol. The lowest BCUT2D eigenvalue weighted by atomic mass is 10.2. The topological polar surface area (TPSA) is 79.5 Å². The number of hydrogen-bond donors (Lipinski definition) is 2. The largest absolute Gasteiger partial charge is 0.508 e. The molecule has 0 fully saturated rings. The molecule has 3 rings (SSSR count). The molecule has 2 N–H and O–H groups in total. The monoisotopic (exact) mass is 388 g/mol. The maximum atomic E-state index is 12.1. The average Bonchev–Trinajstić information content (AvgIpc) is 3.06. The smallest absolute Gasteiger partial charge is 0.291 e. The number of phenolic OH excluding ortho intramolecular Hbond substituents is 1. The highest BCUT2D eigenvalue weighted by molar-refractivity contribution is 6.35. The summed E-state index contributed by atoms with van der Waals surface area (Å²) in [5.41, 5.74) is 4.12. The number of carbonyl (C=O) groups excluding carboxylic acids is 1. The van der Waals surface area contributed by atoms with Crippen molar-refractivity contribution in [2.75, 3.05) is 0 Å². The summed E-state index contributed by atoms with van der Waals surface area (Å²) < 4.78 is 1.60. The molecule has 1 amide bonds. The number of hydrogen-bond acceptors (Lipinski definition) is 4. The van der Waals surface area contributed by atoms with Crippen molar-refractivity contribution in [3.05, 3.63) is 81.6 Å². The number of carbonyl (C=O) groups is 1. The van der Waals surface area contributed by atoms with E-state index in [1.165, 1.54) is 12.3 Å². The Morgan fingerprint density at radius 1 is 1.23 bits per heavy atom. The lowest BCUT2D eigenvalue weighted by Crippen LogP contribution is -2.18. The molecular formula is C18H14Cl2N4O2. The van der Waals surface area contributed by atoms with Crippen LogP contribution in [0.25, 0.3) is 0 Å². The van der Waals surface area contributed by atoms with Gasteiger partial charge in [0.25, 0.3) is 5.91 Å². The highest BCUT2D eigenvalue weighted by Crippen LogP contribution is 2.21. The molecule has 1 aromatic heterocycles. The van der Waals surface area contributed by atoms with Gasteiger partial charge in [0.15, 0.2) is 5.69 Å². The fraction of sp³-hybridized carbons (Fsp3) is 0.0556. The minimum absolute atomic E-state index is 0.125. The lowest BCUT2D eigenvalue weighted by Gasteiger charge is -2.05. The first-order valence-electron chi connectivity index (χ1n) is 7.61. The molecule has 0 aliphatic carbocycles. The van der Waals surface area contributed by atoms with Gasteiger partial charge in [-0.3, -0.25) is 9.48 Å². The van der Waals surface area contributed by atoms with Crippen molar-refractivity contribution in [2.24, 2.45) is 5.10 Å². The van der Waals surface area contributed by atoms with Gasteiger partial charge in [-0.1, -0.05) is 41.4 Å². The molecule has 132 valence electrons. The number of hydrazone groups is 1. The Bertz CT molecular complexity index is 969. The third kappa shape index (κ3) is 4.62. The van der Waals surface area contributed by atoms with Crippen LogP contribution < -0.4 is 5.43 Å². The molecule has 2 aromatic carbocycles. The highest BCUT2D eigenvalue weighted by atomic mass is 35.5. The molecule has 0 saturated heterocycles. The summed E-state index contributed by atoms with van der Waals surface area (Å²) >= 11 is 12.0. The number of halogens is 2. The SMILES string of the molecule is O=C(N/N=C\c1cccc(O)c1)c1ccn(Cc2ccc(Cl)cc2Cl)n1. The molecule has 0 saturated carbocycles. The number of nitrogens with zero attached hydrogens (tertiary/aromatic N) is 3. The molecule has 6 nitrogen and oxygen atoms in total. The van der Waals surface area contributed by atoms with Crippen LogP contribution in [0, 0.1) is 0 Å². The Hall–Kier alpha value is -2.83. The molecule has 0 bridgehead atoms. The number of aromatic hydroxyl groups is 1. The predicted octanol–water partition coefficient (Wildman–Crippen LogP) is 3.71. The zero-order valence-corrected chi connectivity index (χ0v) is 14.9. The third-order valence-corrected chi connectivity index (χ3v) is 4.06. The third-order valence-electron chi connectivity index (χ3n) is 3.47. The van der Waals surface area contributed by atoms with Crippen LogP contribution in [0.4, 0.5) is 0 Å². The van der Waals surface area contributed by atoms with Crippen molar-refractivity contribution in [1.82, 2.24) is 15.2 Å². The molecule has 8 heteroatoms. The highest BCUT2D eigenvalue weighted by Gasteiger charge is 2.10. The second-order valence-electron chi connectivity index (χ2n) is 5.43. The van der Waals surface area contributed by atoms with E-state index in [0.717, 1.165) is 5.56 Å². The summed E-state index contributed by atoms with van der Waals surface area (Å²) in [7, 11) is 0. The zero-order chi connectivity index (χ0) is 18.5. The Kier molecular flexibility index (Phi) is 5.55. The molecular weight excluding hydrogens is 375 g/mol. The normalized spacial score (nSPS) is 11.0. The van der Waals surface area contributed by atoms with Gasteiger partial charge in [0, 0.05) is 16.2 Å². The quantitative estimate of drug-likeness (QED) is 0.516. The first-order valence-corrected chi connectivity index (χ1v) is 8.37.